The minimum Gasteiger partial charge on any atom is -0.275 e. The SMILES string of the molecule is CCc1ncc2cnn(C)c2c1NS(=O)(=O)c1cnn(-c2ccnc(C(F)(F)F)c2)c1. The molecule has 0 saturated carbocycles. The normalized spacial score (nSPS) is 12.4. The number of anilines is 1. The van der Waals surface area contributed by atoms with E-state index in [0.29, 0.717) is 23.0 Å². The summed E-state index contributed by atoms with van der Waals surface area (Å²) >= 11 is 0. The second kappa shape index (κ2) is 7.34. The molecule has 0 aliphatic carbocycles. The molecule has 0 amide bonds. The lowest BCUT2D eigenvalue weighted by Gasteiger charge is -2.12. The van der Waals surface area contributed by atoms with Crippen molar-refractivity contribution < 1.29 is 21.6 Å². The van der Waals surface area contributed by atoms with E-state index in [1.54, 1.807) is 19.4 Å². The van der Waals surface area contributed by atoms with Crippen LogP contribution in [0.2, 0.25) is 0 Å². The largest absolute Gasteiger partial charge is 0.433 e. The lowest BCUT2D eigenvalue weighted by Crippen LogP contribution is -2.15. The summed E-state index contributed by atoms with van der Waals surface area (Å²) in [7, 11) is -2.43. The molecule has 0 bridgehead atoms. The monoisotopic (exact) mass is 451 g/mol. The summed E-state index contributed by atoms with van der Waals surface area (Å²) in [6.45, 7) is 1.84. The van der Waals surface area contributed by atoms with Crippen LogP contribution in [0.15, 0.2) is 48.0 Å². The van der Waals surface area contributed by atoms with E-state index in [-0.39, 0.29) is 16.3 Å². The van der Waals surface area contributed by atoms with Gasteiger partial charge in [-0.3, -0.25) is 19.4 Å². The average Bonchev–Trinajstić information content (AvgIpc) is 3.36. The molecule has 0 aliphatic heterocycles. The molecule has 4 rings (SSSR count). The van der Waals surface area contributed by atoms with Gasteiger partial charge in [0.1, 0.15) is 10.6 Å². The number of alkyl halides is 3. The summed E-state index contributed by atoms with van der Waals surface area (Å²) in [5, 5.41) is 8.69. The van der Waals surface area contributed by atoms with Crippen LogP contribution in [-0.2, 0) is 29.7 Å². The molecule has 0 fully saturated rings. The van der Waals surface area contributed by atoms with Crippen LogP contribution in [-0.4, -0.2) is 37.9 Å². The van der Waals surface area contributed by atoms with E-state index in [1.165, 1.54) is 10.7 Å². The number of halogens is 3. The number of hydrogen-bond donors (Lipinski definition) is 1. The van der Waals surface area contributed by atoms with Crippen LogP contribution >= 0.6 is 0 Å². The fourth-order valence-electron chi connectivity index (χ4n) is 3.08. The highest BCUT2D eigenvalue weighted by molar-refractivity contribution is 7.92. The van der Waals surface area contributed by atoms with Gasteiger partial charge < -0.3 is 0 Å². The number of hydrogen-bond acceptors (Lipinski definition) is 6. The first kappa shape index (κ1) is 20.8. The molecular weight excluding hydrogens is 435 g/mol. The van der Waals surface area contributed by atoms with Gasteiger partial charge in [-0.05, 0) is 18.6 Å². The van der Waals surface area contributed by atoms with E-state index in [2.05, 4.69) is 24.9 Å². The first-order valence-corrected chi connectivity index (χ1v) is 10.5. The maximum Gasteiger partial charge on any atom is 0.433 e. The number of aryl methyl sites for hydroxylation is 2. The average molecular weight is 451 g/mol. The van der Waals surface area contributed by atoms with E-state index in [4.69, 9.17) is 0 Å². The van der Waals surface area contributed by atoms with Crippen molar-refractivity contribution in [2.75, 3.05) is 4.72 Å². The highest BCUT2D eigenvalue weighted by atomic mass is 32.2. The number of pyridine rings is 2. The molecule has 0 radical (unpaired) electrons. The zero-order valence-corrected chi connectivity index (χ0v) is 17.1. The molecule has 162 valence electrons. The van der Waals surface area contributed by atoms with Gasteiger partial charge in [0.15, 0.2) is 0 Å². The Labute approximate surface area is 174 Å². The van der Waals surface area contributed by atoms with Gasteiger partial charge in [0.25, 0.3) is 10.0 Å². The van der Waals surface area contributed by atoms with Crippen LogP contribution in [0.1, 0.15) is 18.3 Å². The van der Waals surface area contributed by atoms with Gasteiger partial charge in [-0.1, -0.05) is 6.92 Å². The van der Waals surface area contributed by atoms with E-state index in [1.807, 2.05) is 6.92 Å². The topological polar surface area (TPSA) is 108 Å². The summed E-state index contributed by atoms with van der Waals surface area (Å²) < 4.78 is 69.8. The van der Waals surface area contributed by atoms with Crippen molar-refractivity contribution in [1.29, 1.82) is 0 Å². The molecule has 1 N–H and O–H groups in total. The predicted molar refractivity (Wildman–Crippen MR) is 105 cm³/mol. The van der Waals surface area contributed by atoms with Gasteiger partial charge in [-0.25, -0.2) is 13.1 Å². The van der Waals surface area contributed by atoms with Crippen LogP contribution in [0.5, 0.6) is 0 Å². The number of aromatic nitrogens is 6. The van der Waals surface area contributed by atoms with Crippen LogP contribution in [0.4, 0.5) is 18.9 Å². The predicted octanol–water partition coefficient (Wildman–Crippen LogP) is 2.93. The van der Waals surface area contributed by atoms with Crippen LogP contribution in [0.25, 0.3) is 16.6 Å². The quantitative estimate of drug-likeness (QED) is 0.500. The number of fused-ring (bicyclic) bond motifs is 1. The second-order valence-corrected chi connectivity index (χ2v) is 8.31. The first-order chi connectivity index (χ1) is 14.6. The highest BCUT2D eigenvalue weighted by Gasteiger charge is 2.32. The Morgan fingerprint density at radius 1 is 1.13 bits per heavy atom. The zero-order chi connectivity index (χ0) is 22.4. The lowest BCUT2D eigenvalue weighted by molar-refractivity contribution is -0.141. The Hall–Kier alpha value is -3.48. The van der Waals surface area contributed by atoms with Gasteiger partial charge in [0.2, 0.25) is 0 Å². The van der Waals surface area contributed by atoms with Gasteiger partial charge in [-0.2, -0.15) is 23.4 Å². The molecule has 9 nitrogen and oxygen atoms in total. The maximum absolute atomic E-state index is 13.0. The Morgan fingerprint density at radius 3 is 2.61 bits per heavy atom. The molecule has 0 aliphatic rings. The summed E-state index contributed by atoms with van der Waals surface area (Å²) in [4.78, 5) is 7.35. The molecule has 31 heavy (non-hydrogen) atoms. The van der Waals surface area contributed by atoms with E-state index in [9.17, 15) is 21.6 Å². The molecule has 0 aromatic carbocycles. The minimum absolute atomic E-state index is 0.0217. The molecule has 4 aromatic rings. The fourth-order valence-corrected chi connectivity index (χ4v) is 4.10. The molecule has 4 aromatic heterocycles. The molecule has 4 heterocycles. The van der Waals surface area contributed by atoms with Crippen molar-refractivity contribution in [3.05, 3.63) is 54.5 Å². The lowest BCUT2D eigenvalue weighted by atomic mass is 10.2. The third-order valence-corrected chi connectivity index (χ3v) is 5.90. The van der Waals surface area contributed by atoms with Crippen molar-refractivity contribution in [2.45, 2.75) is 24.4 Å². The third-order valence-electron chi connectivity index (χ3n) is 4.59. The smallest absolute Gasteiger partial charge is 0.275 e. The molecule has 0 spiro atoms. The van der Waals surface area contributed by atoms with Crippen molar-refractivity contribution in [3.8, 4) is 5.69 Å². The van der Waals surface area contributed by atoms with Gasteiger partial charge in [-0.15, -0.1) is 0 Å². The van der Waals surface area contributed by atoms with E-state index in [0.717, 1.165) is 29.3 Å². The number of rotatable bonds is 5. The Balaban J connectivity index is 1.72. The highest BCUT2D eigenvalue weighted by Crippen LogP contribution is 2.30. The van der Waals surface area contributed by atoms with Crippen LogP contribution in [0, 0.1) is 0 Å². The van der Waals surface area contributed by atoms with Crippen LogP contribution < -0.4 is 4.72 Å². The summed E-state index contributed by atoms with van der Waals surface area (Å²) in [6.07, 6.45) is 2.17. The van der Waals surface area contributed by atoms with Crippen molar-refractivity contribution in [1.82, 2.24) is 29.5 Å². The van der Waals surface area contributed by atoms with Crippen molar-refractivity contribution in [3.63, 3.8) is 0 Å². The van der Waals surface area contributed by atoms with E-state index >= 15 is 0 Å². The van der Waals surface area contributed by atoms with Gasteiger partial charge in [0, 0.05) is 24.8 Å². The van der Waals surface area contributed by atoms with Gasteiger partial charge >= 0.3 is 6.18 Å². The molecular formula is C18H16F3N7O2S. The molecule has 0 unspecified atom stereocenters. The third kappa shape index (κ3) is 3.83. The standard InChI is InChI=1S/C18H16F3N7O2S/c1-3-14-16(17-11(7-23-14)8-24-27(17)2)26-31(29,30)13-9-25-28(10-13)12-4-5-22-15(6-12)18(19,20)21/h4-10,26H,3H2,1-2H3. The Bertz CT molecular complexity index is 1380. The molecule has 0 saturated heterocycles. The number of nitrogens with one attached hydrogen (secondary N) is 1. The minimum atomic E-state index is -4.63. The first-order valence-electron chi connectivity index (χ1n) is 9.01. The Morgan fingerprint density at radius 2 is 1.90 bits per heavy atom. The summed E-state index contributed by atoms with van der Waals surface area (Å²) in [6, 6.07) is 2.08. The maximum atomic E-state index is 13.0. The molecule has 13 heteroatoms. The van der Waals surface area contributed by atoms with Crippen molar-refractivity contribution in [2.24, 2.45) is 7.05 Å². The second-order valence-electron chi connectivity index (χ2n) is 6.63. The molecule has 0 atom stereocenters. The zero-order valence-electron chi connectivity index (χ0n) is 16.3. The van der Waals surface area contributed by atoms with Gasteiger partial charge in [0.05, 0.1) is 41.2 Å². The Kier molecular flexibility index (Phi) is 4.92. The summed E-state index contributed by atoms with van der Waals surface area (Å²) in [5.41, 5.74) is 0.289. The van der Waals surface area contributed by atoms with Crippen LogP contribution in [0.3, 0.4) is 0 Å². The number of sulfonamides is 1. The fraction of sp³-hybridized carbons (Fsp3) is 0.222. The van der Waals surface area contributed by atoms with E-state index < -0.39 is 21.9 Å². The van der Waals surface area contributed by atoms with Crippen molar-refractivity contribution >= 4 is 26.6 Å². The summed E-state index contributed by atoms with van der Waals surface area (Å²) in [5.74, 6) is 0. The number of nitrogens with zero attached hydrogens (tertiary/aromatic N) is 6.